The maximum atomic E-state index is 3.78. The minimum Gasteiger partial charge on any atom is -0.307 e. The molecule has 0 aromatic heterocycles. The largest absolute Gasteiger partial charge is 0.307 e. The molecule has 0 aliphatic rings. The van der Waals surface area contributed by atoms with E-state index in [1.165, 1.54) is 16.2 Å². The molecular weight excluding hydrogens is 321 g/mol. The number of hydrogen-bond donors (Lipinski definition) is 1. The minimum atomic E-state index is -0.407. The van der Waals surface area contributed by atoms with Crippen LogP contribution >= 0.6 is 7.92 Å². The quantitative estimate of drug-likeness (QED) is 0.602. The Morgan fingerprint density at radius 1 is 0.680 bits per heavy atom. The van der Waals surface area contributed by atoms with Gasteiger partial charge in [0.15, 0.2) is 0 Å². The van der Waals surface area contributed by atoms with Crippen molar-refractivity contribution in [3.05, 3.63) is 96.6 Å². The smallest absolute Gasteiger partial charge is 0.0367 e. The molecule has 0 unspecified atom stereocenters. The molecule has 0 aliphatic heterocycles. The van der Waals surface area contributed by atoms with Crippen LogP contribution in [0.4, 0.5) is 0 Å². The molecule has 0 bridgehead atoms. The molecule has 3 aromatic carbocycles. The second kappa shape index (κ2) is 8.94. The molecule has 3 aromatic rings. The van der Waals surface area contributed by atoms with Crippen molar-refractivity contribution in [2.45, 2.75) is 25.9 Å². The normalized spacial score (nSPS) is 12.5. The summed E-state index contributed by atoms with van der Waals surface area (Å²) in [6.45, 7) is 4.45. The Balaban J connectivity index is 1.94. The van der Waals surface area contributed by atoms with Gasteiger partial charge in [0.2, 0.25) is 0 Å². The summed E-state index contributed by atoms with van der Waals surface area (Å²) < 4.78 is 0. The zero-order chi connectivity index (χ0) is 17.5. The second-order valence-electron chi connectivity index (χ2n) is 6.57. The van der Waals surface area contributed by atoms with E-state index in [9.17, 15) is 0 Å². The van der Waals surface area contributed by atoms with E-state index in [0.717, 1.165) is 6.16 Å². The van der Waals surface area contributed by atoms with Crippen molar-refractivity contribution in [3.8, 4) is 0 Å². The molecule has 0 saturated heterocycles. The van der Waals surface area contributed by atoms with Crippen molar-refractivity contribution in [3.63, 3.8) is 0 Å². The Kier molecular flexibility index (Phi) is 6.39. The molecule has 0 fully saturated rings. The summed E-state index contributed by atoms with van der Waals surface area (Å²) in [6.07, 6.45) is 1.10. The number of hydrogen-bond acceptors (Lipinski definition) is 1. The van der Waals surface area contributed by atoms with Gasteiger partial charge < -0.3 is 5.32 Å². The topological polar surface area (TPSA) is 12.0 Å². The van der Waals surface area contributed by atoms with Gasteiger partial charge in [-0.2, -0.15) is 0 Å². The summed E-state index contributed by atoms with van der Waals surface area (Å²) in [5.41, 5.74) is 1.37. The van der Waals surface area contributed by atoms with E-state index in [1.807, 2.05) is 0 Å². The highest BCUT2D eigenvalue weighted by Crippen LogP contribution is 2.38. The van der Waals surface area contributed by atoms with Crippen LogP contribution in [0.3, 0.4) is 0 Å². The molecule has 0 amide bonds. The molecule has 1 atom stereocenters. The van der Waals surface area contributed by atoms with Crippen molar-refractivity contribution >= 4 is 18.5 Å². The van der Waals surface area contributed by atoms with E-state index >= 15 is 0 Å². The van der Waals surface area contributed by atoms with Crippen LogP contribution in [0.15, 0.2) is 91.0 Å². The van der Waals surface area contributed by atoms with Gasteiger partial charge in [0.25, 0.3) is 0 Å². The average Bonchev–Trinajstić information content (AvgIpc) is 2.67. The van der Waals surface area contributed by atoms with E-state index in [0.29, 0.717) is 12.1 Å². The molecule has 0 radical (unpaired) electrons. The van der Waals surface area contributed by atoms with Gasteiger partial charge in [-0.05, 0) is 30.3 Å². The third-order valence-electron chi connectivity index (χ3n) is 4.24. The van der Waals surface area contributed by atoms with Crippen LogP contribution in [0.25, 0.3) is 0 Å². The lowest BCUT2D eigenvalue weighted by Gasteiger charge is -2.28. The summed E-state index contributed by atoms with van der Waals surface area (Å²) in [6, 6.07) is 33.6. The highest BCUT2D eigenvalue weighted by molar-refractivity contribution is 7.73. The van der Waals surface area contributed by atoms with Crippen molar-refractivity contribution < 1.29 is 0 Å². The third kappa shape index (κ3) is 5.01. The van der Waals surface area contributed by atoms with E-state index < -0.39 is 7.92 Å². The molecule has 3 rings (SSSR count). The molecule has 0 heterocycles. The van der Waals surface area contributed by atoms with Gasteiger partial charge in [-0.25, -0.2) is 0 Å². The van der Waals surface area contributed by atoms with Gasteiger partial charge >= 0.3 is 0 Å². The number of nitrogens with one attached hydrogen (secondary N) is 1. The lowest BCUT2D eigenvalue weighted by molar-refractivity contribution is 0.510. The lowest BCUT2D eigenvalue weighted by atomic mass is 10.1. The van der Waals surface area contributed by atoms with Crippen molar-refractivity contribution in [1.82, 2.24) is 5.32 Å². The first-order chi connectivity index (χ1) is 12.2. The van der Waals surface area contributed by atoms with Crippen LogP contribution in [0, 0.1) is 0 Å². The fourth-order valence-corrected chi connectivity index (χ4v) is 5.57. The Morgan fingerprint density at radius 3 is 1.56 bits per heavy atom. The van der Waals surface area contributed by atoms with Crippen LogP contribution in [-0.2, 0) is 0 Å². The monoisotopic (exact) mass is 347 g/mol. The number of rotatable bonds is 7. The van der Waals surface area contributed by atoms with E-state index in [-0.39, 0.29) is 0 Å². The van der Waals surface area contributed by atoms with Crippen molar-refractivity contribution in [2.75, 3.05) is 6.16 Å². The van der Waals surface area contributed by atoms with Gasteiger partial charge in [-0.1, -0.05) is 105 Å². The fourth-order valence-electron chi connectivity index (χ4n) is 3.10. The van der Waals surface area contributed by atoms with Crippen LogP contribution < -0.4 is 15.9 Å². The van der Waals surface area contributed by atoms with E-state index in [4.69, 9.17) is 0 Å². The summed E-state index contributed by atoms with van der Waals surface area (Å²) in [5.74, 6) is 0. The standard InChI is InChI=1S/C23H26NP/c1-19(2)24-23(20-12-6-3-7-13-20)18-25(21-14-8-4-9-15-21)22-16-10-5-11-17-22/h3-17,19,23-24H,18H2,1-2H3/t23-/m0/s1. The maximum absolute atomic E-state index is 3.78. The summed E-state index contributed by atoms with van der Waals surface area (Å²) in [5, 5.41) is 6.66. The highest BCUT2D eigenvalue weighted by atomic mass is 31.1. The van der Waals surface area contributed by atoms with Gasteiger partial charge in [0, 0.05) is 12.1 Å². The van der Waals surface area contributed by atoms with Crippen molar-refractivity contribution in [1.29, 1.82) is 0 Å². The Morgan fingerprint density at radius 2 is 1.12 bits per heavy atom. The average molecular weight is 347 g/mol. The molecule has 2 heteroatoms. The summed E-state index contributed by atoms with van der Waals surface area (Å²) in [4.78, 5) is 0. The Bertz CT molecular complexity index is 701. The summed E-state index contributed by atoms with van der Waals surface area (Å²) >= 11 is 0. The van der Waals surface area contributed by atoms with E-state index in [2.05, 4.69) is 110 Å². The highest BCUT2D eigenvalue weighted by Gasteiger charge is 2.21. The molecule has 0 spiro atoms. The molecule has 1 N–H and O–H groups in total. The zero-order valence-electron chi connectivity index (χ0n) is 15.0. The van der Waals surface area contributed by atoms with Crippen LogP contribution in [0.2, 0.25) is 0 Å². The van der Waals surface area contributed by atoms with E-state index in [1.54, 1.807) is 0 Å². The van der Waals surface area contributed by atoms with Crippen LogP contribution in [0.1, 0.15) is 25.5 Å². The molecule has 128 valence electrons. The van der Waals surface area contributed by atoms with Gasteiger partial charge in [-0.3, -0.25) is 0 Å². The predicted molar refractivity (Wildman–Crippen MR) is 111 cm³/mol. The van der Waals surface area contributed by atoms with Gasteiger partial charge in [0.1, 0.15) is 0 Å². The molecular formula is C23H26NP. The van der Waals surface area contributed by atoms with Gasteiger partial charge in [0.05, 0.1) is 0 Å². The number of benzene rings is 3. The third-order valence-corrected chi connectivity index (χ3v) is 6.81. The van der Waals surface area contributed by atoms with Crippen LogP contribution in [0.5, 0.6) is 0 Å². The summed E-state index contributed by atoms with van der Waals surface area (Å²) in [7, 11) is -0.407. The fraction of sp³-hybridized carbons (Fsp3) is 0.217. The first-order valence-electron chi connectivity index (χ1n) is 8.92. The van der Waals surface area contributed by atoms with Crippen LogP contribution in [-0.4, -0.2) is 12.2 Å². The lowest BCUT2D eigenvalue weighted by Crippen LogP contribution is -2.32. The van der Waals surface area contributed by atoms with Crippen molar-refractivity contribution in [2.24, 2.45) is 0 Å². The second-order valence-corrected chi connectivity index (χ2v) is 8.82. The first kappa shape index (κ1) is 17.9. The Labute approximate surface area is 152 Å². The zero-order valence-corrected chi connectivity index (χ0v) is 15.9. The molecule has 0 saturated carbocycles. The predicted octanol–water partition coefficient (Wildman–Crippen LogP) is 4.86. The SMILES string of the molecule is CC(C)N[C@@H](CP(c1ccccc1)c1ccccc1)c1ccccc1. The molecule has 1 nitrogen and oxygen atoms in total. The first-order valence-corrected chi connectivity index (χ1v) is 10.5. The molecule has 0 aliphatic carbocycles. The Hall–Kier alpha value is -1.95. The molecule has 25 heavy (non-hydrogen) atoms. The minimum absolute atomic E-state index is 0.354. The maximum Gasteiger partial charge on any atom is 0.0367 e. The van der Waals surface area contributed by atoms with Gasteiger partial charge in [-0.15, -0.1) is 0 Å².